The van der Waals surface area contributed by atoms with Gasteiger partial charge in [0.15, 0.2) is 0 Å². The number of hydrogen-bond donors (Lipinski definition) is 1. The third-order valence-corrected chi connectivity index (χ3v) is 2.51. The number of nitrogens with one attached hydrogen (secondary N) is 1. The first-order valence-electron chi connectivity index (χ1n) is 4.92. The fourth-order valence-electron chi connectivity index (χ4n) is 1.17. The van der Waals surface area contributed by atoms with Gasteiger partial charge < -0.3 is 10.1 Å². The van der Waals surface area contributed by atoms with Crippen LogP contribution in [0.5, 0.6) is 0 Å². The Morgan fingerprint density at radius 3 is 2.81 bits per heavy atom. The van der Waals surface area contributed by atoms with Gasteiger partial charge in [0.2, 0.25) is 0 Å². The van der Waals surface area contributed by atoms with Crippen LogP contribution in [0, 0.1) is 0 Å². The van der Waals surface area contributed by atoms with Gasteiger partial charge in [0.1, 0.15) is 6.04 Å². The van der Waals surface area contributed by atoms with Gasteiger partial charge >= 0.3 is 5.97 Å². The van der Waals surface area contributed by atoms with E-state index < -0.39 is 6.04 Å². The van der Waals surface area contributed by atoms with E-state index in [9.17, 15) is 4.79 Å². The molecular weight excluding hydrogens is 249 g/mol. The monoisotopic (exact) mass is 261 g/mol. The van der Waals surface area contributed by atoms with Gasteiger partial charge in [0.05, 0.1) is 17.3 Å². The molecule has 0 aliphatic carbocycles. The van der Waals surface area contributed by atoms with Crippen molar-refractivity contribution in [3.05, 3.63) is 28.2 Å². The summed E-state index contributed by atoms with van der Waals surface area (Å²) in [7, 11) is 0. The molecule has 1 rings (SSSR count). The van der Waals surface area contributed by atoms with Crippen molar-refractivity contribution in [2.75, 3.05) is 11.9 Å². The van der Waals surface area contributed by atoms with Crippen LogP contribution in [-0.4, -0.2) is 18.6 Å². The topological polar surface area (TPSA) is 38.3 Å². The maximum atomic E-state index is 11.4. The fourth-order valence-corrected chi connectivity index (χ4v) is 1.51. The summed E-state index contributed by atoms with van der Waals surface area (Å²) in [6.45, 7) is 3.82. The first-order valence-corrected chi connectivity index (χ1v) is 5.68. The summed E-state index contributed by atoms with van der Waals surface area (Å²) in [5, 5.41) is 4.02. The molecule has 0 bridgehead atoms. The zero-order valence-corrected chi connectivity index (χ0v) is 10.6. The lowest BCUT2D eigenvalue weighted by molar-refractivity contribution is -0.143. The van der Waals surface area contributed by atoms with Gasteiger partial charge in [-0.25, -0.2) is 4.79 Å². The van der Waals surface area contributed by atoms with E-state index in [0.717, 1.165) is 0 Å². The van der Waals surface area contributed by atoms with Crippen molar-refractivity contribution in [1.82, 2.24) is 0 Å². The number of ether oxygens (including phenoxy) is 1. The molecule has 0 fully saturated rings. The van der Waals surface area contributed by atoms with Crippen molar-refractivity contribution < 1.29 is 9.53 Å². The first kappa shape index (κ1) is 13.1. The highest BCUT2D eigenvalue weighted by Crippen LogP contribution is 2.25. The molecule has 3 nitrogen and oxygen atoms in total. The third-order valence-electron chi connectivity index (χ3n) is 1.94. The minimum absolute atomic E-state index is 0.321. The average molecular weight is 262 g/mol. The summed E-state index contributed by atoms with van der Waals surface area (Å²) in [5.74, 6) is -0.321. The van der Waals surface area contributed by atoms with E-state index in [1.807, 2.05) is 0 Å². The Balaban J connectivity index is 2.72. The Morgan fingerprint density at radius 1 is 1.50 bits per heavy atom. The van der Waals surface area contributed by atoms with Crippen molar-refractivity contribution >= 4 is 34.9 Å². The summed E-state index contributed by atoms with van der Waals surface area (Å²) in [5.41, 5.74) is 0.620. The standard InChI is InChI=1S/C11H13Cl2NO2/c1-3-16-11(15)7(2)14-10-6-8(12)4-5-9(10)13/h4-7,14H,3H2,1-2H3. The molecule has 1 unspecified atom stereocenters. The van der Waals surface area contributed by atoms with E-state index in [4.69, 9.17) is 27.9 Å². The normalized spacial score (nSPS) is 12.0. The lowest BCUT2D eigenvalue weighted by atomic mass is 10.2. The predicted molar refractivity (Wildman–Crippen MR) is 66.2 cm³/mol. The van der Waals surface area contributed by atoms with Gasteiger partial charge in [-0.05, 0) is 32.0 Å². The van der Waals surface area contributed by atoms with E-state index in [-0.39, 0.29) is 5.97 Å². The number of rotatable bonds is 4. The van der Waals surface area contributed by atoms with E-state index in [0.29, 0.717) is 22.3 Å². The Bertz CT molecular complexity index is 382. The van der Waals surface area contributed by atoms with Gasteiger partial charge in [-0.15, -0.1) is 0 Å². The molecule has 0 aliphatic rings. The minimum atomic E-state index is -0.462. The predicted octanol–water partition coefficient (Wildman–Crippen LogP) is 3.36. The lowest BCUT2D eigenvalue weighted by Gasteiger charge is -2.15. The van der Waals surface area contributed by atoms with Crippen LogP contribution in [-0.2, 0) is 9.53 Å². The highest BCUT2D eigenvalue weighted by molar-refractivity contribution is 6.35. The summed E-state index contributed by atoms with van der Waals surface area (Å²) in [4.78, 5) is 11.4. The van der Waals surface area contributed by atoms with Gasteiger partial charge in [-0.1, -0.05) is 23.2 Å². The quantitative estimate of drug-likeness (QED) is 0.845. The van der Waals surface area contributed by atoms with Crippen LogP contribution in [0.3, 0.4) is 0 Å². The van der Waals surface area contributed by atoms with Crippen molar-refractivity contribution in [2.24, 2.45) is 0 Å². The molecule has 0 amide bonds. The second kappa shape index (κ2) is 5.97. The maximum Gasteiger partial charge on any atom is 0.328 e. The Hall–Kier alpha value is -0.930. The molecule has 1 aromatic carbocycles. The Kier molecular flexibility index (Phi) is 4.90. The average Bonchev–Trinajstić information content (AvgIpc) is 2.23. The number of esters is 1. The van der Waals surface area contributed by atoms with Crippen LogP contribution >= 0.6 is 23.2 Å². The summed E-state index contributed by atoms with van der Waals surface area (Å²) < 4.78 is 4.87. The molecule has 1 N–H and O–H groups in total. The van der Waals surface area contributed by atoms with E-state index in [1.165, 1.54) is 0 Å². The van der Waals surface area contributed by atoms with Crippen LogP contribution in [0.1, 0.15) is 13.8 Å². The molecule has 0 aliphatic heterocycles. The van der Waals surface area contributed by atoms with Crippen LogP contribution in [0.2, 0.25) is 10.0 Å². The number of hydrogen-bond acceptors (Lipinski definition) is 3. The van der Waals surface area contributed by atoms with Crippen LogP contribution < -0.4 is 5.32 Å². The first-order chi connectivity index (χ1) is 7.54. The number of carbonyl (C=O) groups is 1. The van der Waals surface area contributed by atoms with Gasteiger partial charge in [-0.3, -0.25) is 0 Å². The molecule has 88 valence electrons. The highest BCUT2D eigenvalue weighted by Gasteiger charge is 2.14. The van der Waals surface area contributed by atoms with Crippen molar-refractivity contribution in [1.29, 1.82) is 0 Å². The third kappa shape index (κ3) is 3.58. The Morgan fingerprint density at radius 2 is 2.19 bits per heavy atom. The fraction of sp³-hybridized carbons (Fsp3) is 0.364. The molecule has 0 radical (unpaired) electrons. The molecule has 16 heavy (non-hydrogen) atoms. The zero-order chi connectivity index (χ0) is 12.1. The maximum absolute atomic E-state index is 11.4. The zero-order valence-electron chi connectivity index (χ0n) is 9.09. The second-order valence-electron chi connectivity index (χ2n) is 3.24. The van der Waals surface area contributed by atoms with Gasteiger partial charge in [-0.2, -0.15) is 0 Å². The molecule has 0 saturated heterocycles. The van der Waals surface area contributed by atoms with Crippen LogP contribution in [0.4, 0.5) is 5.69 Å². The number of benzene rings is 1. The molecule has 0 spiro atoms. The molecule has 1 atom stereocenters. The second-order valence-corrected chi connectivity index (χ2v) is 4.09. The van der Waals surface area contributed by atoms with Gasteiger partial charge in [0, 0.05) is 5.02 Å². The van der Waals surface area contributed by atoms with Gasteiger partial charge in [0.25, 0.3) is 0 Å². The number of carbonyl (C=O) groups excluding carboxylic acids is 1. The van der Waals surface area contributed by atoms with Crippen molar-refractivity contribution in [3.8, 4) is 0 Å². The minimum Gasteiger partial charge on any atom is -0.464 e. The molecule has 0 heterocycles. The van der Waals surface area contributed by atoms with E-state index >= 15 is 0 Å². The number of halogens is 2. The number of anilines is 1. The largest absolute Gasteiger partial charge is 0.464 e. The molecule has 5 heteroatoms. The van der Waals surface area contributed by atoms with E-state index in [1.54, 1.807) is 32.0 Å². The van der Waals surface area contributed by atoms with Crippen molar-refractivity contribution in [3.63, 3.8) is 0 Å². The van der Waals surface area contributed by atoms with Crippen molar-refractivity contribution in [2.45, 2.75) is 19.9 Å². The summed E-state index contributed by atoms with van der Waals surface area (Å²) >= 11 is 11.8. The summed E-state index contributed by atoms with van der Waals surface area (Å²) in [6.07, 6.45) is 0. The SMILES string of the molecule is CCOC(=O)C(C)Nc1cc(Cl)ccc1Cl. The molecule has 0 saturated carbocycles. The molecule has 1 aromatic rings. The van der Waals surface area contributed by atoms with E-state index in [2.05, 4.69) is 5.32 Å². The lowest BCUT2D eigenvalue weighted by Crippen LogP contribution is -2.28. The molecular formula is C11H13Cl2NO2. The van der Waals surface area contributed by atoms with Crippen LogP contribution in [0.15, 0.2) is 18.2 Å². The Labute approximate surface area is 105 Å². The smallest absolute Gasteiger partial charge is 0.328 e. The summed E-state index contributed by atoms with van der Waals surface area (Å²) in [6, 6.07) is 4.56. The molecule has 0 aromatic heterocycles. The van der Waals surface area contributed by atoms with Crippen LogP contribution in [0.25, 0.3) is 0 Å². The highest BCUT2D eigenvalue weighted by atomic mass is 35.5.